The van der Waals surface area contributed by atoms with Crippen molar-refractivity contribution in [3.63, 3.8) is 0 Å². The predicted octanol–water partition coefficient (Wildman–Crippen LogP) is 4.14. The van der Waals surface area contributed by atoms with Crippen molar-refractivity contribution in [1.82, 2.24) is 0 Å². The van der Waals surface area contributed by atoms with Crippen LogP contribution in [0.1, 0.15) is 30.6 Å². The number of alkyl halides is 3. The van der Waals surface area contributed by atoms with Gasteiger partial charge in [-0.25, -0.2) is 4.79 Å². The van der Waals surface area contributed by atoms with E-state index in [1.54, 1.807) is 13.8 Å². The summed E-state index contributed by atoms with van der Waals surface area (Å²) in [7, 11) is -5.10. The van der Waals surface area contributed by atoms with Crippen LogP contribution in [-0.2, 0) is 19.6 Å². The number of benzene rings is 1. The average Bonchev–Trinajstić information content (AvgIpc) is 2.53. The number of carbonyl (C=O) groups is 2. The van der Waals surface area contributed by atoms with E-state index in [-0.39, 0.29) is 14.7 Å². The zero-order chi connectivity index (χ0) is 21.9. The van der Waals surface area contributed by atoms with E-state index in [4.69, 9.17) is 9.29 Å². The van der Waals surface area contributed by atoms with E-state index < -0.39 is 51.6 Å². The molecule has 158 valence electrons. The SMILES string of the molecule is CCC(C)C(=O)Oc1c(Br)cc(Br)cc1C(=O)OC(CS(=O)(=O)O)C(F)(F)F. The Hall–Kier alpha value is -1.18. The molecule has 0 aliphatic carbocycles. The minimum Gasteiger partial charge on any atom is -0.448 e. The number of hydrogen-bond acceptors (Lipinski definition) is 6. The normalized spacial score (nSPS) is 14.3. The number of rotatable bonds is 7. The fourth-order valence-electron chi connectivity index (χ4n) is 1.76. The smallest absolute Gasteiger partial charge is 0.426 e. The van der Waals surface area contributed by atoms with Gasteiger partial charge in [0.2, 0.25) is 6.10 Å². The molecular formula is C15H15Br2F3O7S. The third kappa shape index (κ3) is 7.33. The molecule has 0 saturated heterocycles. The van der Waals surface area contributed by atoms with E-state index in [0.29, 0.717) is 6.42 Å². The molecule has 0 fully saturated rings. The first kappa shape index (κ1) is 24.9. The highest BCUT2D eigenvalue weighted by Gasteiger charge is 2.46. The summed E-state index contributed by atoms with van der Waals surface area (Å²) >= 11 is 6.09. The predicted molar refractivity (Wildman–Crippen MR) is 98.6 cm³/mol. The molecule has 0 aromatic heterocycles. The van der Waals surface area contributed by atoms with Crippen molar-refractivity contribution in [3.8, 4) is 5.75 Å². The molecule has 2 unspecified atom stereocenters. The first-order chi connectivity index (χ1) is 12.7. The molecule has 1 rings (SSSR count). The summed E-state index contributed by atoms with van der Waals surface area (Å²) in [6.07, 6.45) is -7.97. The molecule has 1 aromatic carbocycles. The quantitative estimate of drug-likeness (QED) is 0.306. The highest BCUT2D eigenvalue weighted by molar-refractivity contribution is 9.11. The van der Waals surface area contributed by atoms with Gasteiger partial charge in [0.1, 0.15) is 11.3 Å². The molecule has 0 saturated carbocycles. The number of halogens is 5. The molecule has 0 radical (unpaired) electrons. The van der Waals surface area contributed by atoms with Gasteiger partial charge >= 0.3 is 18.1 Å². The second-order valence-electron chi connectivity index (χ2n) is 5.68. The molecule has 0 spiro atoms. The second kappa shape index (κ2) is 9.55. The molecule has 13 heteroatoms. The van der Waals surface area contributed by atoms with Gasteiger partial charge in [-0.15, -0.1) is 0 Å². The first-order valence-electron chi connectivity index (χ1n) is 7.59. The minimum atomic E-state index is -5.26. The highest BCUT2D eigenvalue weighted by atomic mass is 79.9. The molecule has 7 nitrogen and oxygen atoms in total. The molecule has 1 aromatic rings. The lowest BCUT2D eigenvalue weighted by atomic mass is 10.1. The summed E-state index contributed by atoms with van der Waals surface area (Å²) < 4.78 is 79.0. The molecule has 1 N–H and O–H groups in total. The minimum absolute atomic E-state index is 0.0730. The Bertz CT molecular complexity index is 856. The lowest BCUT2D eigenvalue weighted by Gasteiger charge is -2.20. The van der Waals surface area contributed by atoms with Crippen molar-refractivity contribution in [3.05, 3.63) is 26.6 Å². The van der Waals surface area contributed by atoms with Crippen LogP contribution in [0.15, 0.2) is 21.1 Å². The molecular weight excluding hydrogens is 541 g/mol. The van der Waals surface area contributed by atoms with Crippen LogP contribution in [0.3, 0.4) is 0 Å². The van der Waals surface area contributed by atoms with Crippen molar-refractivity contribution in [2.45, 2.75) is 32.5 Å². The van der Waals surface area contributed by atoms with Gasteiger partial charge in [0.25, 0.3) is 10.1 Å². The van der Waals surface area contributed by atoms with Gasteiger partial charge in [0, 0.05) is 4.47 Å². The third-order valence-corrected chi connectivity index (χ3v) is 5.19. The lowest BCUT2D eigenvalue weighted by Crippen LogP contribution is -2.39. The van der Waals surface area contributed by atoms with E-state index in [0.717, 1.165) is 6.07 Å². The van der Waals surface area contributed by atoms with E-state index in [1.807, 2.05) is 0 Å². The Morgan fingerprint density at radius 1 is 1.25 bits per heavy atom. The lowest BCUT2D eigenvalue weighted by molar-refractivity contribution is -0.197. The van der Waals surface area contributed by atoms with Crippen LogP contribution in [0, 0.1) is 5.92 Å². The van der Waals surface area contributed by atoms with Crippen molar-refractivity contribution < 1.29 is 45.2 Å². The van der Waals surface area contributed by atoms with Gasteiger partial charge in [-0.2, -0.15) is 21.6 Å². The van der Waals surface area contributed by atoms with Gasteiger partial charge < -0.3 is 9.47 Å². The summed E-state index contributed by atoms with van der Waals surface area (Å²) in [4.78, 5) is 24.3. The fraction of sp³-hybridized carbons (Fsp3) is 0.467. The summed E-state index contributed by atoms with van der Waals surface area (Å²) in [5, 5.41) is 0. The van der Waals surface area contributed by atoms with Crippen LogP contribution < -0.4 is 4.74 Å². The number of carbonyl (C=O) groups excluding carboxylic acids is 2. The van der Waals surface area contributed by atoms with Gasteiger partial charge in [-0.05, 0) is 34.5 Å². The molecule has 0 bridgehead atoms. The van der Waals surface area contributed by atoms with E-state index in [9.17, 15) is 31.2 Å². The molecule has 0 amide bonds. The summed E-state index contributed by atoms with van der Waals surface area (Å²) in [6.45, 7) is 3.26. The van der Waals surface area contributed by atoms with Crippen molar-refractivity contribution in [2.75, 3.05) is 5.75 Å². The molecule has 2 atom stereocenters. The monoisotopic (exact) mass is 554 g/mol. The van der Waals surface area contributed by atoms with Gasteiger partial charge in [-0.1, -0.05) is 29.8 Å². The molecule has 0 aliphatic rings. The van der Waals surface area contributed by atoms with Crippen LogP contribution >= 0.6 is 31.9 Å². The average molecular weight is 556 g/mol. The molecule has 28 heavy (non-hydrogen) atoms. The summed E-state index contributed by atoms with van der Waals surface area (Å²) in [5.74, 6) is -5.14. The Morgan fingerprint density at radius 3 is 2.29 bits per heavy atom. The third-order valence-electron chi connectivity index (χ3n) is 3.42. The number of ether oxygens (including phenoxy) is 2. The van der Waals surface area contributed by atoms with Gasteiger partial charge in [0.05, 0.1) is 10.4 Å². The van der Waals surface area contributed by atoms with Crippen LogP contribution in [0.25, 0.3) is 0 Å². The summed E-state index contributed by atoms with van der Waals surface area (Å²) in [6, 6.07) is 2.43. The van der Waals surface area contributed by atoms with Crippen molar-refractivity contribution in [1.29, 1.82) is 0 Å². The molecule has 0 heterocycles. The van der Waals surface area contributed by atoms with Crippen LogP contribution in [0.5, 0.6) is 5.75 Å². The Kier molecular flexibility index (Phi) is 8.47. The van der Waals surface area contributed by atoms with E-state index in [1.165, 1.54) is 6.07 Å². The number of hydrogen-bond donors (Lipinski definition) is 1. The second-order valence-corrected chi connectivity index (χ2v) is 8.95. The van der Waals surface area contributed by atoms with Crippen molar-refractivity contribution >= 4 is 53.9 Å². The van der Waals surface area contributed by atoms with Crippen LogP contribution in [-0.4, -0.2) is 42.9 Å². The van der Waals surface area contributed by atoms with Gasteiger partial charge in [-0.3, -0.25) is 9.35 Å². The zero-order valence-corrected chi connectivity index (χ0v) is 18.4. The fourth-order valence-corrected chi connectivity index (χ4v) is 3.71. The maximum absolute atomic E-state index is 13.0. The molecule has 0 aliphatic heterocycles. The number of esters is 2. The van der Waals surface area contributed by atoms with E-state index >= 15 is 0 Å². The Morgan fingerprint density at radius 2 is 1.82 bits per heavy atom. The topological polar surface area (TPSA) is 107 Å². The standard InChI is InChI=1S/C15H15Br2F3O7S/c1-3-7(2)13(21)27-12-9(4-8(16)5-10(12)17)14(22)26-11(15(18,19)20)6-28(23,24)25/h4-5,7,11H,3,6H2,1-2H3,(H,23,24,25). The Labute approximate surface area is 175 Å². The largest absolute Gasteiger partial charge is 0.448 e. The maximum atomic E-state index is 13.0. The van der Waals surface area contributed by atoms with Crippen LogP contribution in [0.2, 0.25) is 0 Å². The van der Waals surface area contributed by atoms with Gasteiger partial charge in [0.15, 0.2) is 5.75 Å². The van der Waals surface area contributed by atoms with Crippen molar-refractivity contribution in [2.24, 2.45) is 5.92 Å². The maximum Gasteiger partial charge on any atom is 0.426 e. The summed E-state index contributed by atoms with van der Waals surface area (Å²) in [5.41, 5.74) is -0.553. The highest BCUT2D eigenvalue weighted by Crippen LogP contribution is 2.35. The van der Waals surface area contributed by atoms with E-state index in [2.05, 4.69) is 36.6 Å². The zero-order valence-electron chi connectivity index (χ0n) is 14.4. The van der Waals surface area contributed by atoms with Crippen LogP contribution in [0.4, 0.5) is 13.2 Å². The first-order valence-corrected chi connectivity index (χ1v) is 10.8. The Balaban J connectivity index is 3.29.